The van der Waals surface area contributed by atoms with Gasteiger partial charge in [-0.2, -0.15) is 5.26 Å². The van der Waals surface area contributed by atoms with Gasteiger partial charge in [0.05, 0.1) is 0 Å². The van der Waals surface area contributed by atoms with Crippen LogP contribution in [0.25, 0.3) is 0 Å². The molecule has 0 unspecified atom stereocenters. The molecule has 0 amide bonds. The zero-order valence-electron chi connectivity index (χ0n) is 12.7. The summed E-state index contributed by atoms with van der Waals surface area (Å²) in [6.07, 6.45) is 11.6. The molecule has 0 aromatic carbocycles. The first-order valence-electron chi connectivity index (χ1n) is 8.32. The van der Waals surface area contributed by atoms with Gasteiger partial charge in [-0.25, -0.2) is 0 Å². The molecule has 3 heteroatoms. The van der Waals surface area contributed by atoms with E-state index in [1.165, 1.54) is 32.1 Å². The summed E-state index contributed by atoms with van der Waals surface area (Å²) in [5.41, 5.74) is -0.822. The molecule has 20 heavy (non-hydrogen) atoms. The molecule has 0 bridgehead atoms. The van der Waals surface area contributed by atoms with Crippen LogP contribution in [0.2, 0.25) is 0 Å². The van der Waals surface area contributed by atoms with Gasteiger partial charge in [0.25, 0.3) is 0 Å². The lowest BCUT2D eigenvalue weighted by Crippen LogP contribution is -2.39. The van der Waals surface area contributed by atoms with Gasteiger partial charge in [0.1, 0.15) is 6.07 Å². The van der Waals surface area contributed by atoms with E-state index in [1.54, 1.807) is 0 Å². The van der Waals surface area contributed by atoms with Crippen LogP contribution in [0.5, 0.6) is 0 Å². The van der Waals surface area contributed by atoms with Gasteiger partial charge >= 0.3 is 5.97 Å². The van der Waals surface area contributed by atoms with Crippen LogP contribution in [0.3, 0.4) is 0 Å². The SMILES string of the molecule is CCCC(=O)OC1(C#N)CCC(C2CCCCC2)CC1. The number of rotatable bonds is 4. The van der Waals surface area contributed by atoms with E-state index in [2.05, 4.69) is 6.07 Å². The first-order valence-corrected chi connectivity index (χ1v) is 8.32. The summed E-state index contributed by atoms with van der Waals surface area (Å²) >= 11 is 0. The summed E-state index contributed by atoms with van der Waals surface area (Å²) in [4.78, 5) is 11.7. The predicted octanol–water partition coefficient (Wildman–Crippen LogP) is 4.36. The largest absolute Gasteiger partial charge is 0.444 e. The fraction of sp³-hybridized carbons (Fsp3) is 0.882. The summed E-state index contributed by atoms with van der Waals surface area (Å²) in [6, 6.07) is 2.29. The molecular weight excluding hydrogens is 250 g/mol. The molecule has 0 aliphatic heterocycles. The van der Waals surface area contributed by atoms with Gasteiger partial charge in [-0.15, -0.1) is 0 Å². The van der Waals surface area contributed by atoms with E-state index in [1.807, 2.05) is 6.92 Å². The Morgan fingerprint density at radius 1 is 1.15 bits per heavy atom. The van der Waals surface area contributed by atoms with Gasteiger partial charge in [-0.05, 0) is 31.1 Å². The zero-order chi connectivity index (χ0) is 14.4. The minimum atomic E-state index is -0.822. The quantitative estimate of drug-likeness (QED) is 0.717. The van der Waals surface area contributed by atoms with E-state index >= 15 is 0 Å². The van der Waals surface area contributed by atoms with E-state index in [0.29, 0.717) is 6.42 Å². The lowest BCUT2D eigenvalue weighted by atomic mass is 9.70. The fourth-order valence-electron chi connectivity index (χ4n) is 3.89. The lowest BCUT2D eigenvalue weighted by Gasteiger charge is -2.39. The average molecular weight is 277 g/mol. The molecule has 3 nitrogen and oxygen atoms in total. The highest BCUT2D eigenvalue weighted by atomic mass is 16.6. The summed E-state index contributed by atoms with van der Waals surface area (Å²) < 4.78 is 5.50. The van der Waals surface area contributed by atoms with E-state index in [0.717, 1.165) is 43.9 Å². The molecule has 112 valence electrons. The van der Waals surface area contributed by atoms with Gasteiger partial charge in [-0.1, -0.05) is 39.0 Å². The number of hydrogen-bond donors (Lipinski definition) is 0. The van der Waals surface area contributed by atoms with Gasteiger partial charge < -0.3 is 4.74 Å². The first-order chi connectivity index (χ1) is 9.69. The number of carbonyl (C=O) groups excluding carboxylic acids is 1. The molecule has 2 aliphatic rings. The van der Waals surface area contributed by atoms with E-state index in [4.69, 9.17) is 4.74 Å². The maximum atomic E-state index is 11.7. The summed E-state index contributed by atoms with van der Waals surface area (Å²) in [5.74, 6) is 1.40. The molecule has 0 N–H and O–H groups in total. The van der Waals surface area contributed by atoms with Crippen molar-refractivity contribution in [3.63, 3.8) is 0 Å². The fourth-order valence-corrected chi connectivity index (χ4v) is 3.89. The Labute approximate surface area is 122 Å². The summed E-state index contributed by atoms with van der Waals surface area (Å²) in [6.45, 7) is 1.96. The Hall–Kier alpha value is -1.04. The van der Waals surface area contributed by atoms with Gasteiger partial charge in [0.15, 0.2) is 5.60 Å². The van der Waals surface area contributed by atoms with Crippen molar-refractivity contribution in [2.24, 2.45) is 11.8 Å². The average Bonchev–Trinajstić information content (AvgIpc) is 2.49. The Balaban J connectivity index is 1.87. The lowest BCUT2D eigenvalue weighted by molar-refractivity contribution is -0.158. The molecule has 0 aromatic rings. The van der Waals surface area contributed by atoms with E-state index in [-0.39, 0.29) is 5.97 Å². The number of ether oxygens (including phenoxy) is 1. The zero-order valence-corrected chi connectivity index (χ0v) is 12.7. The third-order valence-corrected chi connectivity index (χ3v) is 5.12. The maximum absolute atomic E-state index is 11.7. The number of nitrogens with zero attached hydrogens (tertiary/aromatic N) is 1. The van der Waals surface area contributed by atoms with Gasteiger partial charge in [0.2, 0.25) is 0 Å². The maximum Gasteiger partial charge on any atom is 0.307 e. The van der Waals surface area contributed by atoms with Crippen molar-refractivity contribution in [1.29, 1.82) is 5.26 Å². The van der Waals surface area contributed by atoms with Crippen molar-refractivity contribution < 1.29 is 9.53 Å². The van der Waals surface area contributed by atoms with Crippen LogP contribution in [0.4, 0.5) is 0 Å². The molecule has 0 saturated heterocycles. The van der Waals surface area contributed by atoms with E-state index in [9.17, 15) is 10.1 Å². The number of esters is 1. The third kappa shape index (κ3) is 3.75. The Morgan fingerprint density at radius 2 is 1.75 bits per heavy atom. The number of hydrogen-bond acceptors (Lipinski definition) is 3. The van der Waals surface area contributed by atoms with Crippen molar-refractivity contribution in [3.05, 3.63) is 0 Å². The highest BCUT2D eigenvalue weighted by Crippen LogP contribution is 2.42. The standard InChI is InChI=1S/C17H27NO2/c1-2-6-16(19)20-17(13-18)11-9-15(10-12-17)14-7-4-3-5-8-14/h14-15H,2-12H2,1H3. The molecule has 0 spiro atoms. The van der Waals surface area contributed by atoms with Crippen LogP contribution in [-0.2, 0) is 9.53 Å². The second kappa shape index (κ2) is 7.11. The topological polar surface area (TPSA) is 50.1 Å². The monoisotopic (exact) mass is 277 g/mol. The second-order valence-corrected chi connectivity index (χ2v) is 6.57. The van der Waals surface area contributed by atoms with Crippen LogP contribution < -0.4 is 0 Å². The van der Waals surface area contributed by atoms with Crippen LogP contribution in [-0.4, -0.2) is 11.6 Å². The van der Waals surface area contributed by atoms with Crippen molar-refractivity contribution >= 4 is 5.97 Å². The molecule has 2 fully saturated rings. The molecule has 2 rings (SSSR count). The molecule has 0 atom stereocenters. The molecule has 2 aliphatic carbocycles. The second-order valence-electron chi connectivity index (χ2n) is 6.57. The molecule has 0 radical (unpaired) electrons. The molecule has 2 saturated carbocycles. The first kappa shape index (κ1) is 15.4. The normalized spacial score (nSPS) is 31.5. The smallest absolute Gasteiger partial charge is 0.307 e. The van der Waals surface area contributed by atoms with Gasteiger partial charge in [-0.3, -0.25) is 4.79 Å². The molecule has 0 aromatic heterocycles. The van der Waals surface area contributed by atoms with E-state index < -0.39 is 5.60 Å². The summed E-state index contributed by atoms with van der Waals surface area (Å²) in [7, 11) is 0. The summed E-state index contributed by atoms with van der Waals surface area (Å²) in [5, 5.41) is 9.43. The van der Waals surface area contributed by atoms with Crippen molar-refractivity contribution in [2.45, 2.75) is 83.2 Å². The number of nitriles is 1. The minimum Gasteiger partial charge on any atom is -0.444 e. The highest BCUT2D eigenvalue weighted by Gasteiger charge is 2.40. The van der Waals surface area contributed by atoms with Crippen molar-refractivity contribution in [3.8, 4) is 6.07 Å². The Kier molecular flexibility index (Phi) is 5.46. The predicted molar refractivity (Wildman–Crippen MR) is 77.9 cm³/mol. The highest BCUT2D eigenvalue weighted by molar-refractivity contribution is 5.70. The van der Waals surface area contributed by atoms with Gasteiger partial charge in [0, 0.05) is 19.3 Å². The Morgan fingerprint density at radius 3 is 2.30 bits per heavy atom. The van der Waals surface area contributed by atoms with Crippen LogP contribution in [0, 0.1) is 23.2 Å². The third-order valence-electron chi connectivity index (χ3n) is 5.12. The van der Waals surface area contributed by atoms with Crippen molar-refractivity contribution in [2.75, 3.05) is 0 Å². The Bertz CT molecular complexity index is 358. The number of carbonyl (C=O) groups is 1. The van der Waals surface area contributed by atoms with Crippen molar-refractivity contribution in [1.82, 2.24) is 0 Å². The van der Waals surface area contributed by atoms with Crippen LogP contribution >= 0.6 is 0 Å². The van der Waals surface area contributed by atoms with Crippen LogP contribution in [0.1, 0.15) is 77.6 Å². The minimum absolute atomic E-state index is 0.204. The molecular formula is C17H27NO2. The van der Waals surface area contributed by atoms with Crippen LogP contribution in [0.15, 0.2) is 0 Å². The molecule has 0 heterocycles.